The molecular weight excluding hydrogens is 989 g/mol. The van der Waals surface area contributed by atoms with Gasteiger partial charge >= 0.3 is 0 Å². The Bertz CT molecular complexity index is 2510. The molecule has 2 saturated heterocycles. The molecule has 3 fully saturated rings. The van der Waals surface area contributed by atoms with E-state index in [0.29, 0.717) is 66.8 Å². The van der Waals surface area contributed by atoms with Crippen LogP contribution in [-0.4, -0.2) is 103 Å². The van der Waals surface area contributed by atoms with Crippen molar-refractivity contribution in [2.24, 2.45) is 11.8 Å². The zero-order valence-corrected chi connectivity index (χ0v) is 45.2. The number of aromatic hydroxyl groups is 2. The summed E-state index contributed by atoms with van der Waals surface area (Å²) >= 11 is 0. The molecule has 4 aliphatic heterocycles. The molecule has 9 unspecified atom stereocenters. The number of nitrogens with one attached hydrogen (secondary N) is 2. The van der Waals surface area contributed by atoms with Crippen molar-refractivity contribution in [2.75, 3.05) is 37.9 Å². The highest BCUT2D eigenvalue weighted by atomic mass is 33.1. The van der Waals surface area contributed by atoms with Crippen molar-refractivity contribution < 1.29 is 49.7 Å². The van der Waals surface area contributed by atoms with Gasteiger partial charge in [-0.3, -0.25) is 14.9 Å². The van der Waals surface area contributed by atoms with Crippen LogP contribution in [0.25, 0.3) is 21.9 Å². The molecule has 0 amide bonds. The zero-order valence-electron chi connectivity index (χ0n) is 41.9. The molecule has 9 atom stereocenters. The molecule has 5 bridgehead atoms. The number of methoxy groups -OCH3 is 1. The van der Waals surface area contributed by atoms with E-state index in [1.54, 1.807) is 46.9 Å². The van der Waals surface area contributed by atoms with Gasteiger partial charge in [-0.2, -0.15) is 0 Å². The number of hydrogen-bond donors (Lipinski definition) is 8. The molecule has 4 aromatic rings. The van der Waals surface area contributed by atoms with Crippen molar-refractivity contribution >= 4 is 71.2 Å². The first-order valence-corrected chi connectivity index (χ1v) is 30.7. The SMILES string of the molecule is CCCCCC1SSCC2CC(CCO)c3cc(NCC(C)=O)c(CO)cc3C(NC2CCCO)OC2CC(=O)CCc3ccc(O)c(OC)c3-c3ccc4ccc(O)cc4c3CSSC13CCC2CC3O. The maximum Gasteiger partial charge on any atom is 0.168 e. The molecule has 8 N–H and O–H groups in total. The summed E-state index contributed by atoms with van der Waals surface area (Å²) in [6, 6.07) is 16.8. The summed E-state index contributed by atoms with van der Waals surface area (Å²) in [5.41, 5.74) is 6.36. The Kier molecular flexibility index (Phi) is 19.6. The number of aliphatic hydroxyl groups is 4. The van der Waals surface area contributed by atoms with Crippen molar-refractivity contribution in [3.8, 4) is 28.4 Å². The maximum atomic E-state index is 14.9. The number of aryl methyl sites for hydroxylation is 1. The highest BCUT2D eigenvalue weighted by Gasteiger charge is 2.52. The van der Waals surface area contributed by atoms with Crippen LogP contribution in [0.15, 0.2) is 54.6 Å². The van der Waals surface area contributed by atoms with Gasteiger partial charge in [0, 0.05) is 65.7 Å². The van der Waals surface area contributed by atoms with Crippen molar-refractivity contribution in [3.05, 3.63) is 82.4 Å². The molecule has 5 aliphatic rings. The molecule has 0 spiro atoms. The van der Waals surface area contributed by atoms with Crippen LogP contribution in [0.2, 0.25) is 0 Å². The zero-order chi connectivity index (χ0) is 50.9. The average molecular weight is 1060 g/mol. The number of anilines is 1. The third-order valence-electron chi connectivity index (χ3n) is 15.6. The van der Waals surface area contributed by atoms with Crippen LogP contribution < -0.4 is 15.4 Å². The second-order valence-corrected chi connectivity index (χ2v) is 25.6. The average Bonchev–Trinajstić information content (AvgIpc) is 3.36. The normalized spacial score (nSPS) is 27.1. The standard InChI is InChI=1S/C56H74N2O10S4/c1-4-5-6-9-52-56-20-18-37(25-51(56)66)50(27-41(64)15-11-35-13-17-49(65)54(67-3)53(35)42-16-12-34-10-14-40(63)26-43(34)46(42)32-70-72-56)68-55-45-24-38(30-61)48(57-29-33(2)62)28-44(45)36(19-22-60)23-39(31-69-71-52)47(58-55)8-7-21-59/h10,12-14,16-17,24,26,28,36-37,39,47,50-52,55,57-61,63,65-66H,4-9,11,15,18-23,25,27,29-32H2,1-3H3. The van der Waals surface area contributed by atoms with E-state index in [-0.39, 0.29) is 91.3 Å². The number of hydrogen-bond acceptors (Lipinski definition) is 16. The monoisotopic (exact) mass is 1060 g/mol. The van der Waals surface area contributed by atoms with E-state index < -0.39 is 23.2 Å². The summed E-state index contributed by atoms with van der Waals surface area (Å²) in [4.78, 5) is 27.1. The lowest BCUT2D eigenvalue weighted by molar-refractivity contribution is -0.130. The molecule has 0 aromatic heterocycles. The lowest BCUT2D eigenvalue weighted by atomic mass is 9.73. The number of fused-ring (bicyclic) bond motifs is 10. The van der Waals surface area contributed by atoms with Crippen molar-refractivity contribution in [1.29, 1.82) is 0 Å². The van der Waals surface area contributed by atoms with Gasteiger partial charge in [-0.1, -0.05) is 93.6 Å². The Balaban J connectivity index is 1.31. The first kappa shape index (κ1) is 55.1. The summed E-state index contributed by atoms with van der Waals surface area (Å²) in [6.45, 7) is 3.52. The summed E-state index contributed by atoms with van der Waals surface area (Å²) < 4.78 is 12.9. The summed E-state index contributed by atoms with van der Waals surface area (Å²) in [5, 5.41) is 76.3. The molecular formula is C56H74N2O10S4. The van der Waals surface area contributed by atoms with E-state index >= 15 is 0 Å². The second kappa shape index (κ2) is 25.6. The number of unbranched alkanes of at least 4 members (excludes halogenated alkanes) is 2. The summed E-state index contributed by atoms with van der Waals surface area (Å²) in [5.74, 6) is 1.46. The third kappa shape index (κ3) is 12.4. The number of ether oxygens (including phenoxy) is 2. The number of phenols is 2. The Morgan fingerprint density at radius 1 is 0.931 bits per heavy atom. The van der Waals surface area contributed by atoms with Gasteiger partial charge < -0.3 is 45.4 Å². The lowest BCUT2D eigenvalue weighted by Crippen LogP contribution is -2.53. The minimum atomic E-state index is -0.752. The number of aliphatic hydroxyl groups excluding tert-OH is 4. The van der Waals surface area contributed by atoms with Crippen LogP contribution in [0, 0.1) is 11.8 Å². The van der Waals surface area contributed by atoms with E-state index in [0.717, 1.165) is 82.9 Å². The van der Waals surface area contributed by atoms with Crippen LogP contribution in [0.1, 0.15) is 137 Å². The third-order valence-corrected chi connectivity index (χ3v) is 22.1. The number of Topliss-reactive ketones (excluding diaryl/α,β-unsaturated/α-hetero) is 2. The molecule has 9 rings (SSSR count). The fraction of sp³-hybridized carbons (Fsp3) is 0.571. The highest BCUT2D eigenvalue weighted by Crippen LogP contribution is 2.58. The molecule has 72 heavy (non-hydrogen) atoms. The Morgan fingerprint density at radius 3 is 2.51 bits per heavy atom. The first-order valence-electron chi connectivity index (χ1n) is 26.0. The fourth-order valence-corrected chi connectivity index (χ4v) is 19.5. The quantitative estimate of drug-likeness (QED) is 0.0438. The number of benzene rings is 4. The summed E-state index contributed by atoms with van der Waals surface area (Å²) in [7, 11) is 8.80. The van der Waals surface area contributed by atoms with Gasteiger partial charge in [0.05, 0.1) is 37.2 Å². The maximum absolute atomic E-state index is 14.9. The Labute approximate surface area is 440 Å². The van der Waals surface area contributed by atoms with Crippen molar-refractivity contribution in [1.82, 2.24) is 5.32 Å². The van der Waals surface area contributed by atoms with Gasteiger partial charge in [-0.25, -0.2) is 0 Å². The fourth-order valence-electron chi connectivity index (χ4n) is 11.8. The summed E-state index contributed by atoms with van der Waals surface area (Å²) in [6.07, 6.45) is 6.93. The molecule has 12 nitrogen and oxygen atoms in total. The molecule has 1 saturated carbocycles. The largest absolute Gasteiger partial charge is 0.508 e. The highest BCUT2D eigenvalue weighted by molar-refractivity contribution is 8.78. The first-order chi connectivity index (χ1) is 34.9. The van der Waals surface area contributed by atoms with E-state index in [4.69, 9.17) is 9.47 Å². The van der Waals surface area contributed by atoms with E-state index in [1.165, 1.54) is 6.92 Å². The smallest absolute Gasteiger partial charge is 0.168 e. The van der Waals surface area contributed by atoms with Gasteiger partial charge in [-0.15, -0.1) is 0 Å². The van der Waals surface area contributed by atoms with Crippen LogP contribution in [0.4, 0.5) is 5.69 Å². The van der Waals surface area contributed by atoms with Crippen LogP contribution in [0.3, 0.4) is 0 Å². The minimum Gasteiger partial charge on any atom is -0.508 e. The van der Waals surface area contributed by atoms with Gasteiger partial charge in [0.1, 0.15) is 23.5 Å². The van der Waals surface area contributed by atoms with Gasteiger partial charge in [0.25, 0.3) is 0 Å². The van der Waals surface area contributed by atoms with Gasteiger partial charge in [0.15, 0.2) is 11.5 Å². The van der Waals surface area contributed by atoms with Crippen molar-refractivity contribution in [3.63, 3.8) is 0 Å². The van der Waals surface area contributed by atoms with Gasteiger partial charge in [-0.05, 0) is 151 Å². The van der Waals surface area contributed by atoms with Crippen LogP contribution >= 0.6 is 43.2 Å². The number of carbonyl (C=O) groups excluding carboxylic acids is 2. The molecule has 4 heterocycles. The molecule has 4 aromatic carbocycles. The number of ketones is 2. The van der Waals surface area contributed by atoms with E-state index in [1.807, 2.05) is 51.9 Å². The molecule has 0 radical (unpaired) electrons. The number of carbonyl (C=O) groups is 2. The van der Waals surface area contributed by atoms with Gasteiger partial charge in [0.2, 0.25) is 0 Å². The molecule has 16 heteroatoms. The number of rotatable bonds is 14. The topological polar surface area (TPSA) is 198 Å². The number of phenolic OH excluding ortho intramolecular Hbond substituents is 2. The van der Waals surface area contributed by atoms with Crippen molar-refractivity contribution in [2.45, 2.75) is 156 Å². The van der Waals surface area contributed by atoms with E-state index in [9.17, 15) is 40.2 Å². The minimum absolute atomic E-state index is 0.00530. The second-order valence-electron chi connectivity index (χ2n) is 20.4. The predicted octanol–water partition coefficient (Wildman–Crippen LogP) is 10.8. The van der Waals surface area contributed by atoms with Crippen LogP contribution in [0.5, 0.6) is 17.2 Å². The van der Waals surface area contributed by atoms with Crippen LogP contribution in [-0.2, 0) is 33.1 Å². The predicted molar refractivity (Wildman–Crippen MR) is 295 cm³/mol. The Morgan fingerprint density at radius 2 is 1.76 bits per heavy atom. The molecule has 1 aliphatic carbocycles. The van der Waals surface area contributed by atoms with E-state index in [2.05, 4.69) is 23.6 Å². The molecule has 392 valence electrons. The Hall–Kier alpha value is -3.16. The lowest BCUT2D eigenvalue weighted by Gasteiger charge is -2.50.